The van der Waals surface area contributed by atoms with Crippen molar-refractivity contribution in [2.24, 2.45) is 5.41 Å². The Morgan fingerprint density at radius 2 is 2.06 bits per heavy atom. The minimum absolute atomic E-state index is 0.321. The van der Waals surface area contributed by atoms with Crippen LogP contribution in [0.15, 0.2) is 0 Å². The number of carboxylic acid groups (broad SMARTS) is 1. The van der Waals surface area contributed by atoms with Crippen molar-refractivity contribution >= 4 is 5.97 Å². The third kappa shape index (κ3) is 2.68. The van der Waals surface area contributed by atoms with Crippen molar-refractivity contribution in [3.63, 3.8) is 0 Å². The molecule has 1 saturated carbocycles. The number of tetrazole rings is 1. The highest BCUT2D eigenvalue weighted by Crippen LogP contribution is 2.31. The predicted octanol–water partition coefficient (Wildman–Crippen LogP) is 1.83. The zero-order valence-electron chi connectivity index (χ0n) is 11.0. The van der Waals surface area contributed by atoms with Crippen molar-refractivity contribution in [2.45, 2.75) is 58.4 Å². The molecule has 1 fully saturated rings. The second-order valence-electron chi connectivity index (χ2n) is 5.72. The smallest absolute Gasteiger partial charge is 0.310 e. The van der Waals surface area contributed by atoms with Crippen LogP contribution in [0.3, 0.4) is 0 Å². The van der Waals surface area contributed by atoms with Gasteiger partial charge in [-0.25, -0.2) is 4.68 Å². The lowest BCUT2D eigenvalue weighted by Gasteiger charge is -2.23. The molecule has 1 aromatic rings. The molecule has 2 rings (SSSR count). The molecule has 0 spiro atoms. The quantitative estimate of drug-likeness (QED) is 0.884. The maximum Gasteiger partial charge on any atom is 0.310 e. The van der Waals surface area contributed by atoms with Gasteiger partial charge in [-0.1, -0.05) is 19.3 Å². The molecule has 6 heteroatoms. The van der Waals surface area contributed by atoms with E-state index in [1.165, 1.54) is 19.3 Å². The lowest BCUT2D eigenvalue weighted by atomic mass is 9.88. The van der Waals surface area contributed by atoms with Crippen molar-refractivity contribution in [2.75, 3.05) is 0 Å². The van der Waals surface area contributed by atoms with Crippen molar-refractivity contribution in [1.82, 2.24) is 20.2 Å². The Balaban J connectivity index is 2.14. The van der Waals surface area contributed by atoms with Gasteiger partial charge in [0.05, 0.1) is 12.0 Å². The molecule has 0 aromatic carbocycles. The van der Waals surface area contributed by atoms with Crippen LogP contribution < -0.4 is 0 Å². The van der Waals surface area contributed by atoms with E-state index in [0.717, 1.165) is 18.7 Å². The van der Waals surface area contributed by atoms with E-state index in [4.69, 9.17) is 5.11 Å². The number of rotatable bonds is 4. The van der Waals surface area contributed by atoms with Gasteiger partial charge in [0.25, 0.3) is 0 Å². The largest absolute Gasteiger partial charge is 0.481 e. The summed E-state index contributed by atoms with van der Waals surface area (Å²) in [6.45, 7) is 3.71. The maximum atomic E-state index is 11.2. The first-order valence-electron chi connectivity index (χ1n) is 6.50. The second kappa shape index (κ2) is 5.04. The normalized spacial score (nSPS) is 17.9. The summed E-state index contributed by atoms with van der Waals surface area (Å²) >= 11 is 0. The Morgan fingerprint density at radius 3 is 2.67 bits per heavy atom. The third-order valence-corrected chi connectivity index (χ3v) is 3.65. The van der Waals surface area contributed by atoms with Gasteiger partial charge >= 0.3 is 5.97 Å². The van der Waals surface area contributed by atoms with E-state index in [1.807, 2.05) is 0 Å². The molecule has 0 amide bonds. The fourth-order valence-corrected chi connectivity index (χ4v) is 2.42. The Hall–Kier alpha value is -1.46. The van der Waals surface area contributed by atoms with E-state index in [0.29, 0.717) is 12.5 Å². The summed E-state index contributed by atoms with van der Waals surface area (Å²) in [5.74, 6) is 0.412. The number of aliphatic carboxylic acids is 1. The van der Waals surface area contributed by atoms with Crippen molar-refractivity contribution < 1.29 is 9.90 Å². The summed E-state index contributed by atoms with van der Waals surface area (Å²) in [4.78, 5) is 11.2. The van der Waals surface area contributed by atoms with Crippen molar-refractivity contribution in [1.29, 1.82) is 0 Å². The van der Waals surface area contributed by atoms with Gasteiger partial charge in [-0.3, -0.25) is 4.79 Å². The van der Waals surface area contributed by atoms with Gasteiger partial charge < -0.3 is 5.11 Å². The van der Waals surface area contributed by atoms with Gasteiger partial charge in [-0.05, 0) is 37.1 Å². The molecule has 0 bridgehead atoms. The molecule has 0 unspecified atom stereocenters. The summed E-state index contributed by atoms with van der Waals surface area (Å²) in [6.07, 6.45) is 5.90. The van der Waals surface area contributed by atoms with E-state index in [1.54, 1.807) is 18.5 Å². The number of aromatic nitrogens is 4. The molecule has 18 heavy (non-hydrogen) atoms. The minimum atomic E-state index is -0.848. The van der Waals surface area contributed by atoms with E-state index in [9.17, 15) is 4.79 Å². The zero-order chi connectivity index (χ0) is 13.2. The summed E-state index contributed by atoms with van der Waals surface area (Å²) in [7, 11) is 0. The standard InChI is InChI=1S/C12H20N4O2/c1-12(2,11(17)18)8-16-10(13-14-15-16)9-6-4-3-5-7-9/h9H,3-8H2,1-2H3,(H,17,18). The lowest BCUT2D eigenvalue weighted by molar-refractivity contribution is -0.147. The van der Waals surface area contributed by atoms with Crippen molar-refractivity contribution in [3.05, 3.63) is 5.82 Å². The fraction of sp³-hybridized carbons (Fsp3) is 0.833. The van der Waals surface area contributed by atoms with Gasteiger partial charge in [0.2, 0.25) is 0 Å². The number of carboxylic acids is 1. The molecule has 0 radical (unpaired) electrons. The molecule has 0 saturated heterocycles. The molecule has 1 aliphatic carbocycles. The van der Waals surface area contributed by atoms with Crippen LogP contribution in [0.25, 0.3) is 0 Å². The molecule has 0 aliphatic heterocycles. The molecule has 1 aromatic heterocycles. The van der Waals surface area contributed by atoms with Gasteiger partial charge in [0.15, 0.2) is 5.82 Å². The monoisotopic (exact) mass is 252 g/mol. The van der Waals surface area contributed by atoms with Crippen LogP contribution in [-0.2, 0) is 11.3 Å². The molecule has 100 valence electrons. The molecule has 0 atom stereocenters. The van der Waals surface area contributed by atoms with Crippen LogP contribution >= 0.6 is 0 Å². The van der Waals surface area contributed by atoms with Gasteiger partial charge in [-0.15, -0.1) is 5.10 Å². The van der Waals surface area contributed by atoms with Crippen LogP contribution in [0.1, 0.15) is 57.7 Å². The van der Waals surface area contributed by atoms with Crippen molar-refractivity contribution in [3.8, 4) is 0 Å². The van der Waals surface area contributed by atoms with E-state index >= 15 is 0 Å². The van der Waals surface area contributed by atoms with Gasteiger partial charge in [0.1, 0.15) is 0 Å². The Kier molecular flexibility index (Phi) is 3.63. The highest BCUT2D eigenvalue weighted by atomic mass is 16.4. The average Bonchev–Trinajstić information content (AvgIpc) is 2.77. The Labute approximate surface area is 106 Å². The van der Waals surface area contributed by atoms with Gasteiger partial charge in [0, 0.05) is 5.92 Å². The first-order chi connectivity index (χ1) is 8.50. The SMILES string of the molecule is CC(C)(Cn1nnnc1C1CCCCC1)C(=O)O. The third-order valence-electron chi connectivity index (χ3n) is 3.65. The fourth-order valence-electron chi connectivity index (χ4n) is 2.42. The average molecular weight is 252 g/mol. The first kappa shape index (κ1) is 13.0. The molecule has 1 N–H and O–H groups in total. The Morgan fingerprint density at radius 1 is 1.39 bits per heavy atom. The van der Waals surface area contributed by atoms with Gasteiger partial charge in [-0.2, -0.15) is 0 Å². The molecule has 1 aliphatic rings. The molecular formula is C12H20N4O2. The van der Waals surface area contributed by atoms with Crippen LogP contribution in [0, 0.1) is 5.41 Å². The summed E-state index contributed by atoms with van der Waals surface area (Å²) in [5.41, 5.74) is -0.848. The van der Waals surface area contributed by atoms with E-state index < -0.39 is 11.4 Å². The van der Waals surface area contributed by atoms with E-state index in [2.05, 4.69) is 15.5 Å². The van der Waals surface area contributed by atoms with Crippen LogP contribution in [0.2, 0.25) is 0 Å². The molecule has 1 heterocycles. The Bertz CT molecular complexity index is 421. The maximum absolute atomic E-state index is 11.2. The summed E-state index contributed by atoms with van der Waals surface area (Å²) in [6, 6.07) is 0. The minimum Gasteiger partial charge on any atom is -0.481 e. The van der Waals surface area contributed by atoms with Crippen LogP contribution in [0.5, 0.6) is 0 Å². The van der Waals surface area contributed by atoms with E-state index in [-0.39, 0.29) is 0 Å². The number of nitrogens with zero attached hydrogens (tertiary/aromatic N) is 4. The summed E-state index contributed by atoms with van der Waals surface area (Å²) in [5, 5.41) is 20.9. The number of hydrogen-bond donors (Lipinski definition) is 1. The first-order valence-corrected chi connectivity index (χ1v) is 6.50. The molecule has 6 nitrogen and oxygen atoms in total. The second-order valence-corrected chi connectivity index (χ2v) is 5.72. The summed E-state index contributed by atoms with van der Waals surface area (Å²) < 4.78 is 1.67. The van der Waals surface area contributed by atoms with Crippen LogP contribution in [-0.4, -0.2) is 31.3 Å². The van der Waals surface area contributed by atoms with Crippen LogP contribution in [0.4, 0.5) is 0 Å². The highest BCUT2D eigenvalue weighted by Gasteiger charge is 2.31. The number of carbonyl (C=O) groups is 1. The zero-order valence-corrected chi connectivity index (χ0v) is 11.0. The highest BCUT2D eigenvalue weighted by molar-refractivity contribution is 5.73. The lowest BCUT2D eigenvalue weighted by Crippen LogP contribution is -2.31. The molecular weight excluding hydrogens is 232 g/mol. The number of hydrogen-bond acceptors (Lipinski definition) is 4. The topological polar surface area (TPSA) is 80.9 Å². The predicted molar refractivity (Wildman–Crippen MR) is 65.1 cm³/mol.